The van der Waals surface area contributed by atoms with Gasteiger partial charge in [0.05, 0.1) is 12.6 Å². The third-order valence-corrected chi connectivity index (χ3v) is 7.31. The van der Waals surface area contributed by atoms with Crippen molar-refractivity contribution >= 4 is 35.1 Å². The highest BCUT2D eigenvalue weighted by Gasteiger charge is 2.39. The second-order valence-electron chi connectivity index (χ2n) is 9.57. The van der Waals surface area contributed by atoms with E-state index in [0.29, 0.717) is 12.5 Å². The molecule has 0 bridgehead atoms. The fraction of sp³-hybridized carbons (Fsp3) is 0.462. The van der Waals surface area contributed by atoms with Gasteiger partial charge in [0, 0.05) is 22.8 Å². The molecule has 1 aromatic heterocycles. The summed E-state index contributed by atoms with van der Waals surface area (Å²) in [5.74, 6) is -5.32. The van der Waals surface area contributed by atoms with E-state index in [1.807, 2.05) is 18.2 Å². The molecule has 2 aliphatic heterocycles. The van der Waals surface area contributed by atoms with Crippen LogP contribution < -0.4 is 21.3 Å². The summed E-state index contributed by atoms with van der Waals surface area (Å²) in [4.78, 5) is 45.3. The van der Waals surface area contributed by atoms with E-state index in [1.54, 1.807) is 18.3 Å². The van der Waals surface area contributed by atoms with Crippen LogP contribution >= 0.6 is 11.3 Å². The van der Waals surface area contributed by atoms with Gasteiger partial charge in [0.1, 0.15) is 6.04 Å². The van der Waals surface area contributed by atoms with Crippen molar-refractivity contribution in [2.75, 3.05) is 6.54 Å². The Hall–Kier alpha value is -3.70. The zero-order chi connectivity index (χ0) is 32.4. The molecule has 1 fully saturated rings. The van der Waals surface area contributed by atoms with Gasteiger partial charge in [-0.3, -0.25) is 9.59 Å². The molecule has 1 unspecified atom stereocenters. The van der Waals surface area contributed by atoms with Gasteiger partial charge in [0.2, 0.25) is 11.8 Å². The third-order valence-electron chi connectivity index (χ3n) is 6.13. The van der Waals surface area contributed by atoms with Crippen molar-refractivity contribution in [3.8, 4) is 0 Å². The minimum atomic E-state index is -5.08. The Kier molecular flexibility index (Phi) is 12.9. The topological polar surface area (TPSA) is 157 Å². The largest absolute Gasteiger partial charge is 0.490 e. The molecule has 17 heteroatoms. The molecule has 0 saturated carbocycles. The van der Waals surface area contributed by atoms with Crippen molar-refractivity contribution in [1.29, 1.82) is 0 Å². The van der Waals surface area contributed by atoms with Crippen LogP contribution in [0, 0.1) is 5.92 Å². The summed E-state index contributed by atoms with van der Waals surface area (Å²) in [7, 11) is 0. The average Bonchev–Trinajstić information content (AvgIpc) is 3.64. The first-order valence-electron chi connectivity index (χ1n) is 12.7. The average molecular weight is 641 g/mol. The standard InChI is InChI=1S/C22H28N4O2S.2C2HF3O2/c1-14(21(27)25-12-18-9-17-11-23-13-20(17)29-18)26-22(28)19-8-16(10-24-19)7-15-5-3-2-4-6-15;2*3-2(4,5)1(6)7/h2-6,9,14,16,19,23-24H,7-8,10-13H2,1H3,(H,25,27)(H,26,28);2*(H,6,7)/t14?,16-,19+;;/m0../s1. The van der Waals surface area contributed by atoms with Crippen LogP contribution in [0.1, 0.15) is 34.2 Å². The number of hydrogen-bond acceptors (Lipinski definition) is 7. The summed E-state index contributed by atoms with van der Waals surface area (Å²) in [5.41, 5.74) is 2.63. The van der Waals surface area contributed by atoms with Gasteiger partial charge in [0.25, 0.3) is 0 Å². The van der Waals surface area contributed by atoms with Crippen LogP contribution in [0.25, 0.3) is 0 Å². The first-order valence-corrected chi connectivity index (χ1v) is 13.6. The molecule has 0 radical (unpaired) electrons. The van der Waals surface area contributed by atoms with E-state index >= 15 is 0 Å². The fourth-order valence-electron chi connectivity index (χ4n) is 4.04. The van der Waals surface area contributed by atoms with Gasteiger partial charge in [-0.15, -0.1) is 11.3 Å². The fourth-order valence-corrected chi connectivity index (χ4v) is 5.14. The molecule has 1 saturated heterocycles. The van der Waals surface area contributed by atoms with Gasteiger partial charge in [-0.1, -0.05) is 30.3 Å². The lowest BCUT2D eigenvalue weighted by Crippen LogP contribution is -2.49. The molecule has 0 spiro atoms. The Morgan fingerprint density at radius 1 is 1.00 bits per heavy atom. The van der Waals surface area contributed by atoms with Crippen LogP contribution in [0.5, 0.6) is 0 Å². The molecule has 2 aliphatic rings. The number of carbonyl (C=O) groups excluding carboxylic acids is 2. The van der Waals surface area contributed by atoms with Gasteiger partial charge in [0.15, 0.2) is 0 Å². The van der Waals surface area contributed by atoms with E-state index < -0.39 is 30.3 Å². The molecule has 2 amide bonds. The molecule has 0 aliphatic carbocycles. The molecule has 238 valence electrons. The number of halogens is 6. The minimum absolute atomic E-state index is 0.0932. The zero-order valence-electron chi connectivity index (χ0n) is 22.6. The molecule has 10 nitrogen and oxygen atoms in total. The molecule has 3 heterocycles. The highest BCUT2D eigenvalue weighted by Crippen LogP contribution is 2.26. The molecule has 43 heavy (non-hydrogen) atoms. The van der Waals surface area contributed by atoms with Gasteiger partial charge in [-0.05, 0) is 49.4 Å². The Labute approximate surface area is 245 Å². The number of thiophene rings is 1. The minimum Gasteiger partial charge on any atom is -0.475 e. The Bertz CT molecular complexity index is 1210. The third kappa shape index (κ3) is 12.2. The van der Waals surface area contributed by atoms with Crippen molar-refractivity contribution in [1.82, 2.24) is 21.3 Å². The number of hydrogen-bond donors (Lipinski definition) is 6. The zero-order valence-corrected chi connectivity index (χ0v) is 23.5. The quantitative estimate of drug-likeness (QED) is 0.253. The number of carboxylic acid groups (broad SMARTS) is 2. The monoisotopic (exact) mass is 640 g/mol. The van der Waals surface area contributed by atoms with Crippen LogP contribution in [0.4, 0.5) is 26.3 Å². The normalized spacial score (nSPS) is 18.2. The Balaban J connectivity index is 0.000000384. The molecule has 3 atom stereocenters. The van der Waals surface area contributed by atoms with E-state index in [4.69, 9.17) is 19.8 Å². The van der Waals surface area contributed by atoms with E-state index in [1.165, 1.54) is 16.0 Å². The molecular formula is C26H30F6N4O6S. The molecule has 1 aromatic carbocycles. The number of alkyl halides is 6. The lowest BCUT2D eigenvalue weighted by atomic mass is 9.96. The molecule has 2 aromatic rings. The maximum Gasteiger partial charge on any atom is 0.490 e. The first-order chi connectivity index (χ1) is 20.0. The predicted octanol–water partition coefficient (Wildman–Crippen LogP) is 2.96. The number of fused-ring (bicyclic) bond motifs is 1. The van der Waals surface area contributed by atoms with Gasteiger partial charge in [-0.25, -0.2) is 9.59 Å². The van der Waals surface area contributed by atoms with Crippen LogP contribution in [0.3, 0.4) is 0 Å². The Morgan fingerprint density at radius 2 is 1.58 bits per heavy atom. The summed E-state index contributed by atoms with van der Waals surface area (Å²) in [6.07, 6.45) is -8.40. The summed E-state index contributed by atoms with van der Waals surface area (Å²) >= 11 is 1.74. The first kappa shape index (κ1) is 35.5. The lowest BCUT2D eigenvalue weighted by Gasteiger charge is -2.17. The number of carbonyl (C=O) groups is 4. The molecule has 6 N–H and O–H groups in total. The van der Waals surface area contributed by atoms with Crippen molar-refractivity contribution < 1.29 is 55.7 Å². The van der Waals surface area contributed by atoms with Crippen LogP contribution in [-0.2, 0) is 45.2 Å². The highest BCUT2D eigenvalue weighted by molar-refractivity contribution is 7.12. The highest BCUT2D eigenvalue weighted by atomic mass is 32.1. The SMILES string of the molecule is CC(NC(=O)[C@H]1C[C@H](Cc2ccccc2)CN1)C(=O)NCc1cc2c(s1)CNC2.O=C(O)C(F)(F)F.O=C(O)C(F)(F)F. The van der Waals surface area contributed by atoms with E-state index in [2.05, 4.69) is 39.5 Å². The van der Waals surface area contributed by atoms with Crippen molar-refractivity contribution in [3.05, 3.63) is 57.3 Å². The maximum atomic E-state index is 12.6. The number of nitrogens with one attached hydrogen (secondary N) is 4. The van der Waals surface area contributed by atoms with Crippen molar-refractivity contribution in [2.45, 2.75) is 63.8 Å². The second-order valence-corrected chi connectivity index (χ2v) is 10.8. The van der Waals surface area contributed by atoms with Crippen LogP contribution in [0.2, 0.25) is 0 Å². The van der Waals surface area contributed by atoms with Crippen LogP contribution in [-0.4, -0.2) is 64.9 Å². The van der Waals surface area contributed by atoms with Gasteiger partial charge >= 0.3 is 24.3 Å². The van der Waals surface area contributed by atoms with Crippen molar-refractivity contribution in [3.63, 3.8) is 0 Å². The number of rotatable bonds is 7. The number of aliphatic carboxylic acids is 2. The summed E-state index contributed by atoms with van der Waals surface area (Å²) in [6, 6.07) is 11.7. The van der Waals surface area contributed by atoms with E-state index in [9.17, 15) is 35.9 Å². The summed E-state index contributed by atoms with van der Waals surface area (Å²) in [5, 5.41) is 26.7. The second kappa shape index (κ2) is 15.7. The van der Waals surface area contributed by atoms with Crippen LogP contribution in [0.15, 0.2) is 36.4 Å². The number of carboxylic acids is 2. The molecule has 4 rings (SSSR count). The van der Waals surface area contributed by atoms with E-state index in [0.717, 1.165) is 37.4 Å². The van der Waals surface area contributed by atoms with E-state index in [-0.39, 0.29) is 17.9 Å². The number of amides is 2. The predicted molar refractivity (Wildman–Crippen MR) is 142 cm³/mol. The number of benzene rings is 1. The lowest BCUT2D eigenvalue weighted by molar-refractivity contribution is -0.193. The molecular weight excluding hydrogens is 610 g/mol. The smallest absolute Gasteiger partial charge is 0.475 e. The summed E-state index contributed by atoms with van der Waals surface area (Å²) in [6.45, 7) is 4.90. The maximum absolute atomic E-state index is 12.6. The van der Waals surface area contributed by atoms with Gasteiger partial charge < -0.3 is 31.5 Å². The van der Waals surface area contributed by atoms with Gasteiger partial charge in [-0.2, -0.15) is 26.3 Å². The Morgan fingerprint density at radius 3 is 2.12 bits per heavy atom. The summed E-state index contributed by atoms with van der Waals surface area (Å²) < 4.78 is 63.5. The van der Waals surface area contributed by atoms with Crippen molar-refractivity contribution in [2.24, 2.45) is 5.92 Å².